The zero-order valence-corrected chi connectivity index (χ0v) is 12.0. The van der Waals surface area contributed by atoms with Gasteiger partial charge in [-0.1, -0.05) is 0 Å². The minimum atomic E-state index is 0.0202. The Hall–Kier alpha value is -1.58. The molecule has 4 nitrogen and oxygen atoms in total. The summed E-state index contributed by atoms with van der Waals surface area (Å²) in [6.45, 7) is 2.89. The molecule has 2 aromatic rings. The normalized spacial score (nSPS) is 21.6. The van der Waals surface area contributed by atoms with Crippen molar-refractivity contribution in [2.75, 3.05) is 0 Å². The van der Waals surface area contributed by atoms with Crippen LogP contribution in [0.3, 0.4) is 0 Å². The maximum atomic E-state index is 11.9. The van der Waals surface area contributed by atoms with Gasteiger partial charge in [0.15, 0.2) is 0 Å². The maximum Gasteiger partial charge on any atom is 0.259 e. The second kappa shape index (κ2) is 4.21. The predicted molar refractivity (Wildman–Crippen MR) is 77.8 cm³/mol. The molecule has 2 saturated carbocycles. The predicted octanol–water partition coefficient (Wildman–Crippen LogP) is 2.77. The van der Waals surface area contributed by atoms with Gasteiger partial charge in [0, 0.05) is 30.7 Å². The highest BCUT2D eigenvalue weighted by Crippen LogP contribution is 2.57. The van der Waals surface area contributed by atoms with Crippen LogP contribution in [-0.4, -0.2) is 14.0 Å². The number of aromatic nitrogens is 3. The van der Waals surface area contributed by atoms with E-state index >= 15 is 0 Å². The van der Waals surface area contributed by atoms with Crippen LogP contribution in [0.5, 0.6) is 0 Å². The van der Waals surface area contributed by atoms with Gasteiger partial charge in [0.05, 0.1) is 0 Å². The summed E-state index contributed by atoms with van der Waals surface area (Å²) in [4.78, 5) is 16.4. The third-order valence-corrected chi connectivity index (χ3v) is 5.29. The van der Waals surface area contributed by atoms with E-state index in [9.17, 15) is 4.79 Å². The molecule has 1 spiro atoms. The molecule has 0 N–H and O–H groups in total. The Kier molecular flexibility index (Phi) is 2.56. The molecule has 0 saturated heterocycles. The molecule has 2 aliphatic rings. The van der Waals surface area contributed by atoms with Gasteiger partial charge in [-0.2, -0.15) is 0 Å². The highest BCUT2D eigenvalue weighted by molar-refractivity contribution is 5.31. The smallest absolute Gasteiger partial charge is 0.259 e. The van der Waals surface area contributed by atoms with Crippen molar-refractivity contribution in [3.05, 3.63) is 34.5 Å². The molecule has 106 valence electrons. The third-order valence-electron chi connectivity index (χ3n) is 5.29. The zero-order chi connectivity index (χ0) is 13.7. The fraction of sp³-hybridized carbons (Fsp3) is 0.625. The lowest BCUT2D eigenvalue weighted by atomic mass is 9.80. The summed E-state index contributed by atoms with van der Waals surface area (Å²) < 4.78 is 3.81. The van der Waals surface area contributed by atoms with Gasteiger partial charge in [-0.05, 0) is 56.8 Å². The van der Waals surface area contributed by atoms with Crippen LogP contribution in [-0.2, 0) is 6.54 Å². The largest absolute Gasteiger partial charge is 0.316 e. The van der Waals surface area contributed by atoms with Gasteiger partial charge < -0.3 is 4.57 Å². The molecule has 2 aliphatic carbocycles. The van der Waals surface area contributed by atoms with Crippen LogP contribution in [0.2, 0.25) is 0 Å². The van der Waals surface area contributed by atoms with Crippen LogP contribution in [0.25, 0.3) is 5.78 Å². The molecule has 0 radical (unpaired) electrons. The molecule has 0 amide bonds. The fourth-order valence-electron chi connectivity index (χ4n) is 3.72. The number of hydrogen-bond donors (Lipinski definition) is 0. The van der Waals surface area contributed by atoms with Crippen LogP contribution < -0.4 is 5.56 Å². The molecule has 0 aromatic carbocycles. The Morgan fingerprint density at radius 2 is 2.00 bits per heavy atom. The highest BCUT2D eigenvalue weighted by atomic mass is 16.1. The minimum absolute atomic E-state index is 0.0202. The Bertz CT molecular complexity index is 698. The number of hydrogen-bond acceptors (Lipinski definition) is 2. The molecular formula is C16H21N3O. The van der Waals surface area contributed by atoms with Gasteiger partial charge in [0.25, 0.3) is 5.56 Å². The number of aryl methyl sites for hydroxylation is 1. The average Bonchev–Trinajstić information content (AvgIpc) is 3.06. The van der Waals surface area contributed by atoms with Gasteiger partial charge >= 0.3 is 0 Å². The minimum Gasteiger partial charge on any atom is -0.316 e. The van der Waals surface area contributed by atoms with E-state index in [0.29, 0.717) is 0 Å². The number of imidazole rings is 1. The van der Waals surface area contributed by atoms with Crippen LogP contribution in [0.1, 0.15) is 44.2 Å². The van der Waals surface area contributed by atoms with E-state index in [1.807, 2.05) is 19.3 Å². The van der Waals surface area contributed by atoms with Gasteiger partial charge in [-0.25, -0.2) is 4.98 Å². The van der Waals surface area contributed by atoms with Gasteiger partial charge in [-0.15, -0.1) is 0 Å². The summed E-state index contributed by atoms with van der Waals surface area (Å²) in [5.74, 6) is 1.54. The third kappa shape index (κ3) is 1.98. The van der Waals surface area contributed by atoms with Crippen molar-refractivity contribution in [1.82, 2.24) is 14.0 Å². The summed E-state index contributed by atoms with van der Waals surface area (Å²) in [6, 6.07) is 1.59. The summed E-state index contributed by atoms with van der Waals surface area (Å²) in [7, 11) is 0. The summed E-state index contributed by atoms with van der Waals surface area (Å²) in [5.41, 5.74) is 1.57. The first-order valence-electron chi connectivity index (χ1n) is 7.70. The Morgan fingerprint density at radius 3 is 2.70 bits per heavy atom. The highest BCUT2D eigenvalue weighted by Gasteiger charge is 2.44. The maximum absolute atomic E-state index is 11.9. The first kappa shape index (κ1) is 12.2. The van der Waals surface area contributed by atoms with E-state index in [1.165, 1.54) is 38.5 Å². The van der Waals surface area contributed by atoms with Crippen molar-refractivity contribution in [3.8, 4) is 0 Å². The van der Waals surface area contributed by atoms with E-state index in [0.717, 1.165) is 29.3 Å². The van der Waals surface area contributed by atoms with E-state index in [-0.39, 0.29) is 5.56 Å². The molecule has 2 heterocycles. The molecular weight excluding hydrogens is 250 g/mol. The van der Waals surface area contributed by atoms with Gasteiger partial charge in [0.1, 0.15) is 0 Å². The Balaban J connectivity index is 1.58. The average molecular weight is 271 g/mol. The molecule has 0 unspecified atom stereocenters. The quantitative estimate of drug-likeness (QED) is 0.842. The topological polar surface area (TPSA) is 39.3 Å². The van der Waals surface area contributed by atoms with Crippen LogP contribution in [0.4, 0.5) is 0 Å². The number of nitrogens with zero attached hydrogens (tertiary/aromatic N) is 3. The fourth-order valence-corrected chi connectivity index (χ4v) is 3.72. The van der Waals surface area contributed by atoms with Crippen molar-refractivity contribution in [2.45, 2.75) is 52.0 Å². The molecule has 4 rings (SSSR count). The first-order valence-corrected chi connectivity index (χ1v) is 7.70. The van der Waals surface area contributed by atoms with Gasteiger partial charge in [0.2, 0.25) is 5.78 Å². The van der Waals surface area contributed by atoms with Crippen LogP contribution in [0, 0.1) is 18.3 Å². The van der Waals surface area contributed by atoms with Crippen LogP contribution in [0.15, 0.2) is 23.3 Å². The van der Waals surface area contributed by atoms with Gasteiger partial charge in [-0.3, -0.25) is 9.20 Å². The molecule has 4 heteroatoms. The van der Waals surface area contributed by atoms with E-state index in [2.05, 4.69) is 9.55 Å². The molecule has 0 bridgehead atoms. The Morgan fingerprint density at radius 1 is 1.25 bits per heavy atom. The molecule has 2 aromatic heterocycles. The van der Waals surface area contributed by atoms with E-state index < -0.39 is 0 Å². The lowest BCUT2D eigenvalue weighted by Gasteiger charge is -2.28. The number of fused-ring (bicyclic) bond motifs is 1. The van der Waals surface area contributed by atoms with Crippen molar-refractivity contribution < 1.29 is 0 Å². The Labute approximate surface area is 118 Å². The zero-order valence-electron chi connectivity index (χ0n) is 12.0. The molecule has 2 fully saturated rings. The molecule has 0 aliphatic heterocycles. The SMILES string of the molecule is Cc1cc(=O)n2ccn(CC3CCC4(CC3)CC4)c2n1. The summed E-state index contributed by atoms with van der Waals surface area (Å²) >= 11 is 0. The second-order valence-electron chi connectivity index (χ2n) is 6.80. The standard InChI is InChI=1S/C16H21N3O/c1-12-10-14(20)19-9-8-18(15(19)17-12)11-13-2-4-16(5-3-13)6-7-16/h8-10,13H,2-7,11H2,1H3. The van der Waals surface area contributed by atoms with Crippen molar-refractivity contribution in [3.63, 3.8) is 0 Å². The molecule has 0 atom stereocenters. The monoisotopic (exact) mass is 271 g/mol. The van der Waals surface area contributed by atoms with Crippen molar-refractivity contribution >= 4 is 5.78 Å². The van der Waals surface area contributed by atoms with E-state index in [4.69, 9.17) is 0 Å². The van der Waals surface area contributed by atoms with Crippen molar-refractivity contribution in [2.24, 2.45) is 11.3 Å². The lowest BCUT2D eigenvalue weighted by molar-refractivity contribution is 0.238. The van der Waals surface area contributed by atoms with Crippen LogP contribution >= 0.6 is 0 Å². The number of rotatable bonds is 2. The second-order valence-corrected chi connectivity index (χ2v) is 6.80. The molecule has 20 heavy (non-hydrogen) atoms. The van der Waals surface area contributed by atoms with Crippen molar-refractivity contribution in [1.29, 1.82) is 0 Å². The van der Waals surface area contributed by atoms with E-state index in [1.54, 1.807) is 10.5 Å². The summed E-state index contributed by atoms with van der Waals surface area (Å²) in [6.07, 6.45) is 12.2. The summed E-state index contributed by atoms with van der Waals surface area (Å²) in [5, 5.41) is 0. The first-order chi connectivity index (χ1) is 9.65. The lowest BCUT2D eigenvalue weighted by Crippen LogP contribution is -2.20.